The van der Waals surface area contributed by atoms with Gasteiger partial charge in [0.2, 0.25) is 0 Å². The predicted molar refractivity (Wildman–Crippen MR) is 110 cm³/mol. The van der Waals surface area contributed by atoms with E-state index < -0.39 is 0 Å². The van der Waals surface area contributed by atoms with E-state index in [4.69, 9.17) is 10.8 Å². The Kier molecular flexibility index (Phi) is 5.37. The van der Waals surface area contributed by atoms with Crippen LogP contribution in [0, 0.1) is 19.8 Å². The molecule has 0 bridgehead atoms. The van der Waals surface area contributed by atoms with Gasteiger partial charge in [0.05, 0.1) is 11.2 Å². The van der Waals surface area contributed by atoms with Crippen molar-refractivity contribution in [2.75, 3.05) is 6.54 Å². The number of hydrogen-bond donors (Lipinski definition) is 2. The van der Waals surface area contributed by atoms with Crippen LogP contribution in [-0.4, -0.2) is 27.8 Å². The number of aryl methyl sites for hydroxylation is 2. The van der Waals surface area contributed by atoms with Crippen LogP contribution in [0.15, 0.2) is 18.2 Å². The average molecular weight is 389 g/mol. The van der Waals surface area contributed by atoms with Gasteiger partial charge in [-0.25, -0.2) is 4.68 Å². The van der Waals surface area contributed by atoms with Crippen LogP contribution in [0.2, 0.25) is 0 Å². The molecule has 1 heterocycles. The van der Waals surface area contributed by atoms with E-state index in [2.05, 4.69) is 44.3 Å². The molecule has 1 aromatic heterocycles. The van der Waals surface area contributed by atoms with Gasteiger partial charge in [0.15, 0.2) is 5.69 Å². The number of halogens is 1. The lowest BCUT2D eigenvalue weighted by Gasteiger charge is -2.29. The van der Waals surface area contributed by atoms with E-state index in [0.717, 1.165) is 43.4 Å². The van der Waals surface area contributed by atoms with Crippen molar-refractivity contribution in [2.24, 2.45) is 11.7 Å². The lowest BCUT2D eigenvalue weighted by Crippen LogP contribution is -2.53. The maximum Gasteiger partial charge on any atom is 0.272 e. The van der Waals surface area contributed by atoms with Crippen LogP contribution < -0.4 is 11.1 Å². The Hall–Kier alpha value is -1.85. The summed E-state index contributed by atoms with van der Waals surface area (Å²) in [6.07, 6.45) is 5.26. The van der Waals surface area contributed by atoms with Gasteiger partial charge in [-0.3, -0.25) is 4.79 Å². The number of carbonyl (C=O) groups is 1. The van der Waals surface area contributed by atoms with Crippen molar-refractivity contribution in [1.29, 1.82) is 0 Å². The van der Waals surface area contributed by atoms with Crippen molar-refractivity contribution < 1.29 is 4.79 Å². The lowest BCUT2D eigenvalue weighted by atomic mass is 9.95. The summed E-state index contributed by atoms with van der Waals surface area (Å²) in [5.41, 5.74) is 12.0. The average Bonchev–Trinajstić information content (AvgIpc) is 3.25. The maximum absolute atomic E-state index is 13.1. The van der Waals surface area contributed by atoms with Crippen LogP contribution in [-0.2, 0) is 12.8 Å². The van der Waals surface area contributed by atoms with Gasteiger partial charge in [-0.05, 0) is 70.4 Å². The van der Waals surface area contributed by atoms with Gasteiger partial charge < -0.3 is 11.1 Å². The number of carbonyl (C=O) groups excluding carboxylic acids is 1. The van der Waals surface area contributed by atoms with E-state index in [9.17, 15) is 4.79 Å². The highest BCUT2D eigenvalue weighted by Crippen LogP contribution is 2.39. The van der Waals surface area contributed by atoms with Crippen molar-refractivity contribution in [3.8, 4) is 5.69 Å². The zero-order valence-electron chi connectivity index (χ0n) is 16.3. The molecule has 0 radical (unpaired) electrons. The van der Waals surface area contributed by atoms with E-state index in [1.54, 1.807) is 0 Å². The fourth-order valence-corrected chi connectivity index (χ4v) is 4.22. The topological polar surface area (TPSA) is 72.9 Å². The molecule has 27 heavy (non-hydrogen) atoms. The second kappa shape index (κ2) is 7.28. The minimum Gasteiger partial charge on any atom is -0.344 e. The fraction of sp³-hybridized carbons (Fsp3) is 0.524. The van der Waals surface area contributed by atoms with Crippen molar-refractivity contribution >= 4 is 18.3 Å². The molecule has 0 saturated heterocycles. The standard InChI is InChI=1S/C21H28N4O.ClH/c1-13-7-10-17(14(2)11-13)25-18-6-4-5-16(18)19(24-25)20(26)23-21(3,12-22)15-8-9-15;/h7,10-11,15H,4-6,8-9,12,22H2,1-3H3,(H,23,26);1H. The van der Waals surface area contributed by atoms with Crippen molar-refractivity contribution in [3.63, 3.8) is 0 Å². The van der Waals surface area contributed by atoms with Gasteiger partial charge in [-0.1, -0.05) is 17.7 Å². The summed E-state index contributed by atoms with van der Waals surface area (Å²) < 4.78 is 1.99. The summed E-state index contributed by atoms with van der Waals surface area (Å²) in [6.45, 7) is 6.71. The van der Waals surface area contributed by atoms with Crippen molar-refractivity contribution in [3.05, 3.63) is 46.3 Å². The molecule has 146 valence electrons. The third kappa shape index (κ3) is 3.50. The van der Waals surface area contributed by atoms with Crippen LogP contribution in [0.3, 0.4) is 0 Å². The van der Waals surface area contributed by atoms with Crippen molar-refractivity contribution in [1.82, 2.24) is 15.1 Å². The quantitative estimate of drug-likeness (QED) is 0.825. The van der Waals surface area contributed by atoms with Gasteiger partial charge in [-0.2, -0.15) is 5.10 Å². The van der Waals surface area contributed by atoms with Gasteiger partial charge in [0.1, 0.15) is 0 Å². The molecule has 5 nitrogen and oxygen atoms in total. The number of nitrogens with zero attached hydrogens (tertiary/aromatic N) is 2. The fourth-order valence-electron chi connectivity index (χ4n) is 4.22. The summed E-state index contributed by atoms with van der Waals surface area (Å²) in [5, 5.41) is 7.95. The summed E-state index contributed by atoms with van der Waals surface area (Å²) >= 11 is 0. The Labute approximate surface area is 167 Å². The maximum atomic E-state index is 13.1. The molecular formula is C21H29ClN4O. The molecule has 1 atom stereocenters. The molecule has 2 aromatic rings. The van der Waals surface area contributed by atoms with Crippen molar-refractivity contribution in [2.45, 2.75) is 58.4 Å². The smallest absolute Gasteiger partial charge is 0.272 e. The second-order valence-electron chi connectivity index (χ2n) is 8.18. The predicted octanol–water partition coefficient (Wildman–Crippen LogP) is 3.26. The third-order valence-corrected chi connectivity index (χ3v) is 6.03. The zero-order chi connectivity index (χ0) is 18.5. The van der Waals surface area contributed by atoms with E-state index in [0.29, 0.717) is 18.2 Å². The lowest BCUT2D eigenvalue weighted by molar-refractivity contribution is 0.0891. The Morgan fingerprint density at radius 3 is 2.70 bits per heavy atom. The minimum atomic E-state index is -0.327. The number of nitrogens with two attached hydrogens (primary N) is 1. The molecule has 1 aromatic carbocycles. The molecule has 4 rings (SSSR count). The Morgan fingerprint density at radius 1 is 1.33 bits per heavy atom. The molecular weight excluding hydrogens is 360 g/mol. The molecule has 0 aliphatic heterocycles. The highest BCUT2D eigenvalue weighted by atomic mass is 35.5. The van der Waals surface area contributed by atoms with Crippen LogP contribution in [0.4, 0.5) is 0 Å². The molecule has 1 saturated carbocycles. The first-order valence-electron chi connectivity index (χ1n) is 9.64. The molecule has 1 unspecified atom stereocenters. The number of amides is 1. The summed E-state index contributed by atoms with van der Waals surface area (Å²) in [7, 11) is 0. The number of benzene rings is 1. The number of hydrogen-bond acceptors (Lipinski definition) is 3. The van der Waals surface area contributed by atoms with Crippen LogP contribution in [0.1, 0.15) is 59.1 Å². The monoisotopic (exact) mass is 388 g/mol. The molecule has 0 spiro atoms. The molecule has 3 N–H and O–H groups in total. The Balaban J connectivity index is 0.00000210. The molecule has 2 aliphatic rings. The summed E-state index contributed by atoms with van der Waals surface area (Å²) in [5.74, 6) is 0.414. The molecule has 6 heteroatoms. The first-order chi connectivity index (χ1) is 12.4. The van der Waals surface area contributed by atoms with E-state index in [-0.39, 0.29) is 23.9 Å². The van der Waals surface area contributed by atoms with Crippen LogP contribution in [0.5, 0.6) is 0 Å². The first-order valence-corrected chi connectivity index (χ1v) is 9.64. The number of nitrogens with one attached hydrogen (secondary N) is 1. The van der Waals surface area contributed by atoms with Gasteiger partial charge in [0.25, 0.3) is 5.91 Å². The minimum absolute atomic E-state index is 0. The number of aromatic nitrogens is 2. The SMILES string of the molecule is Cc1ccc(-n2nc(C(=O)NC(C)(CN)C3CC3)c3c2CCC3)c(C)c1.Cl. The first kappa shape index (κ1) is 19.9. The van der Waals surface area contributed by atoms with E-state index >= 15 is 0 Å². The molecule has 1 fully saturated rings. The van der Waals surface area contributed by atoms with Gasteiger partial charge >= 0.3 is 0 Å². The normalized spacial score (nSPS) is 17.8. The van der Waals surface area contributed by atoms with Crippen LogP contribution >= 0.6 is 12.4 Å². The van der Waals surface area contributed by atoms with E-state index in [1.165, 1.54) is 16.8 Å². The van der Waals surface area contributed by atoms with Crippen LogP contribution in [0.25, 0.3) is 5.69 Å². The second-order valence-corrected chi connectivity index (χ2v) is 8.18. The number of fused-ring (bicyclic) bond motifs is 1. The van der Waals surface area contributed by atoms with Gasteiger partial charge in [0, 0.05) is 17.8 Å². The largest absolute Gasteiger partial charge is 0.344 e. The highest BCUT2D eigenvalue weighted by Gasteiger charge is 2.42. The third-order valence-electron chi connectivity index (χ3n) is 6.03. The zero-order valence-corrected chi connectivity index (χ0v) is 17.2. The highest BCUT2D eigenvalue weighted by molar-refractivity contribution is 5.95. The molecule has 1 amide bonds. The van der Waals surface area contributed by atoms with Gasteiger partial charge in [-0.15, -0.1) is 12.4 Å². The summed E-state index contributed by atoms with van der Waals surface area (Å²) in [6, 6.07) is 6.37. The summed E-state index contributed by atoms with van der Waals surface area (Å²) in [4.78, 5) is 13.1. The number of rotatable bonds is 5. The Morgan fingerprint density at radius 2 is 2.07 bits per heavy atom. The van der Waals surface area contributed by atoms with E-state index in [1.807, 2.05) is 4.68 Å². The molecule has 2 aliphatic carbocycles. The Bertz CT molecular complexity index is 871.